The van der Waals surface area contributed by atoms with Gasteiger partial charge in [0.05, 0.1) is 4.71 Å². The lowest BCUT2D eigenvalue weighted by Gasteiger charge is -1.96. The molecule has 0 radical (unpaired) electrons. The largest absolute Gasteiger partial charge is 0.328 e. The van der Waals surface area contributed by atoms with Crippen molar-refractivity contribution in [1.29, 1.82) is 0 Å². The molecule has 6 heavy (non-hydrogen) atoms. The Morgan fingerprint density at radius 1 is 2.00 bits per heavy atom. The van der Waals surface area contributed by atoms with Crippen LogP contribution in [0.5, 0.6) is 0 Å². The van der Waals surface area contributed by atoms with Crippen molar-refractivity contribution in [3.05, 3.63) is 0 Å². The van der Waals surface area contributed by atoms with E-state index in [2.05, 4.69) is 0 Å². The maximum absolute atomic E-state index is 5.49. The van der Waals surface area contributed by atoms with Gasteiger partial charge in [0.15, 0.2) is 0 Å². The molecule has 0 aromatic heterocycles. The molecule has 2 N–H and O–H groups in total. The number of hydrogen-bond donors (Lipinski definition) is 1. The molecule has 0 bridgehead atoms. The smallest absolute Gasteiger partial charge is 0.0907 e. The molecule has 0 saturated heterocycles. The Kier molecular flexibility index (Phi) is 4.16. The molecular weight excluding hydrogens is 118 g/mol. The molecule has 0 aromatic rings. The first-order valence-corrected chi connectivity index (χ1v) is 3.40. The fourth-order valence-corrected chi connectivity index (χ4v) is 0.289. The number of nitrogens with two attached hydrogens (primary N) is 1. The van der Waals surface area contributed by atoms with Gasteiger partial charge in [-0.15, -0.1) is 23.4 Å². The maximum atomic E-state index is 5.49. The summed E-state index contributed by atoms with van der Waals surface area (Å²) < 4.78 is 0.102. The second kappa shape index (κ2) is 3.78. The summed E-state index contributed by atoms with van der Waals surface area (Å²) in [6.45, 7) is 0.558. The molecule has 0 fully saturated rings. The standard InChI is InChI=1S/C3H8ClNS/c1-6-3(4)2-5/h3H,2,5H2,1H3. The second-order valence-corrected chi connectivity index (χ2v) is 2.71. The zero-order chi connectivity index (χ0) is 4.99. The molecule has 0 spiro atoms. The number of thioether (sulfide) groups is 1. The lowest BCUT2D eigenvalue weighted by molar-refractivity contribution is 1.10. The Hall–Kier alpha value is 0.600. The highest BCUT2D eigenvalue weighted by molar-refractivity contribution is 8.00. The Morgan fingerprint density at radius 3 is 2.50 bits per heavy atom. The van der Waals surface area contributed by atoms with Crippen LogP contribution in [0.3, 0.4) is 0 Å². The maximum Gasteiger partial charge on any atom is 0.0907 e. The summed E-state index contributed by atoms with van der Waals surface area (Å²) in [7, 11) is 0. The van der Waals surface area contributed by atoms with Crippen molar-refractivity contribution in [2.75, 3.05) is 12.8 Å². The summed E-state index contributed by atoms with van der Waals surface area (Å²) in [5, 5.41) is 0. The van der Waals surface area contributed by atoms with Crippen LogP contribution in [0.1, 0.15) is 0 Å². The second-order valence-electron chi connectivity index (χ2n) is 0.881. The van der Waals surface area contributed by atoms with Crippen LogP contribution in [0.2, 0.25) is 0 Å². The van der Waals surface area contributed by atoms with Gasteiger partial charge in [0, 0.05) is 6.54 Å². The molecule has 3 heteroatoms. The minimum Gasteiger partial charge on any atom is -0.328 e. The molecule has 0 saturated carbocycles. The lowest BCUT2D eigenvalue weighted by Crippen LogP contribution is -2.08. The topological polar surface area (TPSA) is 26.0 Å². The highest BCUT2D eigenvalue weighted by Gasteiger charge is 1.92. The van der Waals surface area contributed by atoms with Crippen LogP contribution in [-0.2, 0) is 0 Å². The summed E-state index contributed by atoms with van der Waals surface area (Å²) >= 11 is 7.05. The van der Waals surface area contributed by atoms with Gasteiger partial charge in [-0.25, -0.2) is 0 Å². The summed E-state index contributed by atoms with van der Waals surface area (Å²) in [5.74, 6) is 0. The first kappa shape index (κ1) is 6.60. The molecule has 0 aliphatic carbocycles. The molecule has 0 rings (SSSR count). The molecule has 1 nitrogen and oxygen atoms in total. The van der Waals surface area contributed by atoms with Crippen molar-refractivity contribution < 1.29 is 0 Å². The lowest BCUT2D eigenvalue weighted by atomic mass is 10.8. The van der Waals surface area contributed by atoms with Crippen molar-refractivity contribution in [1.82, 2.24) is 0 Å². The molecular formula is C3H8ClNS. The highest BCUT2D eigenvalue weighted by Crippen LogP contribution is 2.07. The normalized spacial score (nSPS) is 14.5. The van der Waals surface area contributed by atoms with E-state index in [0.29, 0.717) is 6.54 Å². The van der Waals surface area contributed by atoms with E-state index in [1.54, 1.807) is 11.8 Å². The zero-order valence-corrected chi connectivity index (χ0v) is 5.22. The summed E-state index contributed by atoms with van der Waals surface area (Å²) in [6, 6.07) is 0. The van der Waals surface area contributed by atoms with E-state index >= 15 is 0 Å². The number of halogens is 1. The van der Waals surface area contributed by atoms with Crippen molar-refractivity contribution >= 4 is 23.4 Å². The fourth-order valence-electron chi connectivity index (χ4n) is 0.0962. The van der Waals surface area contributed by atoms with E-state index in [4.69, 9.17) is 17.3 Å². The van der Waals surface area contributed by atoms with Crippen LogP contribution in [-0.4, -0.2) is 17.5 Å². The third-order valence-electron chi connectivity index (χ3n) is 0.441. The number of rotatable bonds is 2. The fraction of sp³-hybridized carbons (Fsp3) is 1.00. The monoisotopic (exact) mass is 125 g/mol. The van der Waals surface area contributed by atoms with E-state index in [-0.39, 0.29) is 4.71 Å². The SMILES string of the molecule is CSC(Cl)CN. The Balaban J connectivity index is 2.75. The summed E-state index contributed by atoms with van der Waals surface area (Å²) in [4.78, 5) is 0. The van der Waals surface area contributed by atoms with Crippen molar-refractivity contribution in [3.63, 3.8) is 0 Å². The zero-order valence-electron chi connectivity index (χ0n) is 3.65. The van der Waals surface area contributed by atoms with Gasteiger partial charge in [-0.3, -0.25) is 0 Å². The van der Waals surface area contributed by atoms with Gasteiger partial charge in [0.25, 0.3) is 0 Å². The average molecular weight is 126 g/mol. The van der Waals surface area contributed by atoms with Crippen LogP contribution in [0.25, 0.3) is 0 Å². The summed E-state index contributed by atoms with van der Waals surface area (Å²) in [5.41, 5.74) is 5.13. The predicted molar refractivity (Wildman–Crippen MR) is 32.2 cm³/mol. The molecule has 1 atom stereocenters. The molecule has 0 heterocycles. The molecule has 0 amide bonds. The molecule has 0 aliphatic rings. The van der Waals surface area contributed by atoms with Gasteiger partial charge < -0.3 is 5.73 Å². The molecule has 0 aromatic carbocycles. The highest BCUT2D eigenvalue weighted by atomic mass is 35.5. The van der Waals surface area contributed by atoms with Gasteiger partial charge in [0.1, 0.15) is 0 Å². The van der Waals surface area contributed by atoms with E-state index in [1.165, 1.54) is 0 Å². The van der Waals surface area contributed by atoms with Crippen molar-refractivity contribution in [2.45, 2.75) is 4.71 Å². The Bertz CT molecular complexity index is 30.0. The minimum atomic E-state index is 0.102. The number of hydrogen-bond acceptors (Lipinski definition) is 2. The van der Waals surface area contributed by atoms with Gasteiger partial charge in [-0.1, -0.05) is 0 Å². The van der Waals surface area contributed by atoms with E-state index in [0.717, 1.165) is 0 Å². The van der Waals surface area contributed by atoms with Crippen molar-refractivity contribution in [2.24, 2.45) is 5.73 Å². The van der Waals surface area contributed by atoms with Crippen LogP contribution < -0.4 is 5.73 Å². The van der Waals surface area contributed by atoms with Crippen molar-refractivity contribution in [3.8, 4) is 0 Å². The minimum absolute atomic E-state index is 0.102. The van der Waals surface area contributed by atoms with Crippen LogP contribution in [0.4, 0.5) is 0 Å². The van der Waals surface area contributed by atoms with E-state index in [9.17, 15) is 0 Å². The van der Waals surface area contributed by atoms with Gasteiger partial charge in [0.2, 0.25) is 0 Å². The quantitative estimate of drug-likeness (QED) is 0.555. The first-order valence-electron chi connectivity index (χ1n) is 1.68. The molecule has 1 unspecified atom stereocenters. The first-order chi connectivity index (χ1) is 2.81. The van der Waals surface area contributed by atoms with Crippen LogP contribution in [0.15, 0.2) is 0 Å². The molecule has 0 aliphatic heterocycles. The average Bonchev–Trinajstić information content (AvgIpc) is 1.65. The Morgan fingerprint density at radius 2 is 2.50 bits per heavy atom. The van der Waals surface area contributed by atoms with Gasteiger partial charge in [-0.2, -0.15) is 0 Å². The van der Waals surface area contributed by atoms with Crippen LogP contribution in [0, 0.1) is 0 Å². The Labute approximate surface area is 47.2 Å². The van der Waals surface area contributed by atoms with Gasteiger partial charge >= 0.3 is 0 Å². The third-order valence-corrected chi connectivity index (χ3v) is 1.86. The van der Waals surface area contributed by atoms with Crippen LogP contribution >= 0.6 is 23.4 Å². The van der Waals surface area contributed by atoms with Gasteiger partial charge in [-0.05, 0) is 6.26 Å². The number of alkyl halides is 1. The summed E-state index contributed by atoms with van der Waals surface area (Å²) in [6.07, 6.45) is 1.94. The van der Waals surface area contributed by atoms with E-state index < -0.39 is 0 Å². The molecule has 38 valence electrons. The third kappa shape index (κ3) is 2.82. The predicted octanol–water partition coefficient (Wildman–Crippen LogP) is 0.873. The van der Waals surface area contributed by atoms with E-state index in [1.807, 2.05) is 6.26 Å².